The number of ether oxygens (including phenoxy) is 14. The largest absolute Gasteiger partial charge is 0.479 e. The van der Waals surface area contributed by atoms with Crippen molar-refractivity contribution in [2.75, 3.05) is 37.1 Å². The Morgan fingerprint density at radius 1 is 0.519 bits per heavy atom. The summed E-state index contributed by atoms with van der Waals surface area (Å²) in [4.78, 5) is 110. The first-order chi connectivity index (χ1) is 63.7. The number of thiol groups is 1. The van der Waals surface area contributed by atoms with Crippen LogP contribution < -0.4 is 16.0 Å². The van der Waals surface area contributed by atoms with Crippen LogP contribution in [-0.2, 0) is 105 Å². The van der Waals surface area contributed by atoms with Crippen molar-refractivity contribution in [2.45, 2.75) is 466 Å². The Bertz CT molecular complexity index is 3690. The van der Waals surface area contributed by atoms with E-state index in [-0.39, 0.29) is 107 Å². The molecule has 0 aromatic carbocycles. The third kappa shape index (κ3) is 29.4. The summed E-state index contributed by atoms with van der Waals surface area (Å²) in [5, 5.41) is 177. The highest BCUT2D eigenvalue weighted by Crippen LogP contribution is 2.58. The van der Waals surface area contributed by atoms with Gasteiger partial charge >= 0.3 is 29.8 Å². The molecular formula is C94H163N3O36S2. The summed E-state index contributed by atoms with van der Waals surface area (Å²) in [6.07, 6.45) is -44.2. The summed E-state index contributed by atoms with van der Waals surface area (Å²) in [6.45, 7) is 32.8. The summed E-state index contributed by atoms with van der Waals surface area (Å²) in [5.41, 5.74) is -8.98. The van der Waals surface area contributed by atoms with Crippen LogP contribution in [0.4, 0.5) is 0 Å². The summed E-state index contributed by atoms with van der Waals surface area (Å²) in [6, 6.07) is -4.94. The molecule has 0 aromatic rings. The molecule has 135 heavy (non-hydrogen) atoms. The molecule has 41 heteroatoms. The van der Waals surface area contributed by atoms with Gasteiger partial charge in [0.25, 0.3) is 0 Å². The lowest BCUT2D eigenvalue weighted by Gasteiger charge is -2.60. The number of nitrogens with one attached hydrogen (secondary N) is 3. The van der Waals surface area contributed by atoms with Gasteiger partial charge in [-0.1, -0.05) is 153 Å². The molecule has 39 nitrogen and oxygen atoms in total. The minimum atomic E-state index is -2.39. The van der Waals surface area contributed by atoms with Gasteiger partial charge in [0.05, 0.1) is 72.6 Å². The van der Waals surface area contributed by atoms with Crippen LogP contribution in [-0.4, -0.2) is 363 Å². The first kappa shape index (κ1) is 120. The Labute approximate surface area is 804 Å². The fraction of sp³-hybridized carbons (Fsp3) is 0.872. The van der Waals surface area contributed by atoms with E-state index in [0.717, 1.165) is 44.5 Å². The number of aliphatic hydroxyl groups is 11. The molecule has 5 aliphatic rings. The number of amides is 3. The molecule has 5 rings (SSSR count). The Morgan fingerprint density at radius 2 is 0.956 bits per heavy atom. The number of unbranched alkanes of at least 4 members (excludes halogenated alkanes) is 1. The molecule has 0 radical (unpaired) electrons. The average molecular weight is 1980 g/mol. The fourth-order valence-corrected chi connectivity index (χ4v) is 22.2. The summed E-state index contributed by atoms with van der Waals surface area (Å²) in [5.74, 6) is -9.29. The standard InChI is InChI=1S/C94H163N3O36S2/c1-21-34-43-90(20,37-23-3)131-51(15)61(95-52(16)99)86(122-50(14)45-98)128-75-68(110)71(113)82(127-78(75)84(116)117)92(32-12,39-25-5)94(41-27-7,42-28-8)133-73-63(97-54(18)101)88(123-57(65(73)107)46-120-59(104)29-9)130-76-67(109)70(112)81(126-79(76)85(118)119)91(31-11,38-24-4)93(33-13,40-26-6)132-72-62(96-53(17)100)87(124-58(64(72)106)47-121-60(105)35-44-135-49-56(103)55(102)48-134)129-74-66(108)69(111)80(125-77(74)83(114)115)89(19,30-10)36-22-2/h23,29,37,50-51,55-58,61-82,86-88,98,102-103,106-113,134H,9,21-22,24-28,30-36,38-49H2,1-8,10-20H3,(H,95,99)(H,96,100)(H,97,101)(H,114,115)(H,116,117)(H,118,119)/b37-23-/t50?,51-,55?,56?,57?,58?,61?,62?,63?,64-,65-,66?,67?,68?,69+,70?,71?,72?,73?,74-,75-,76-,77?,78?,79?,80-,81-,82-,86+,87+,88+,89?,90?,91?,92?,93?/m1/s1. The van der Waals surface area contributed by atoms with Crippen LogP contribution in [0.1, 0.15) is 260 Å². The van der Waals surface area contributed by atoms with E-state index >= 15 is 0 Å². The van der Waals surface area contributed by atoms with Gasteiger partial charge in [0.2, 0.25) is 17.7 Å². The van der Waals surface area contributed by atoms with Gasteiger partial charge in [-0.25, -0.2) is 19.2 Å². The monoisotopic (exact) mass is 1970 g/mol. The van der Waals surface area contributed by atoms with Crippen molar-refractivity contribution in [1.29, 1.82) is 0 Å². The smallest absolute Gasteiger partial charge is 0.335 e. The van der Waals surface area contributed by atoms with Crippen molar-refractivity contribution in [3.05, 3.63) is 24.8 Å². The maximum absolute atomic E-state index is 14.6. The molecule has 17 N–H and O–H groups in total. The number of carboxylic acid groups (broad SMARTS) is 3. The maximum Gasteiger partial charge on any atom is 0.335 e. The van der Waals surface area contributed by atoms with Gasteiger partial charge in [0, 0.05) is 54.9 Å². The maximum atomic E-state index is 14.6. The van der Waals surface area contributed by atoms with E-state index in [1.54, 1.807) is 69.2 Å². The van der Waals surface area contributed by atoms with Gasteiger partial charge in [-0.15, -0.1) is 0 Å². The number of hydrogen-bond acceptors (Lipinski definition) is 35. The highest BCUT2D eigenvalue weighted by Gasteiger charge is 2.68. The summed E-state index contributed by atoms with van der Waals surface area (Å²) < 4.78 is 92.1. The number of rotatable bonds is 60. The van der Waals surface area contributed by atoms with E-state index < -0.39 is 290 Å². The van der Waals surface area contributed by atoms with Crippen LogP contribution >= 0.6 is 24.4 Å². The van der Waals surface area contributed by atoms with Crippen LogP contribution in [0.5, 0.6) is 0 Å². The third-order valence-electron chi connectivity index (χ3n) is 27.7. The van der Waals surface area contributed by atoms with Gasteiger partial charge < -0.3 is 154 Å². The first-order valence-electron chi connectivity index (χ1n) is 48.3. The number of aliphatic carboxylic acids is 3. The van der Waals surface area contributed by atoms with Crippen LogP contribution in [0.25, 0.3) is 0 Å². The summed E-state index contributed by atoms with van der Waals surface area (Å²) >= 11 is 5.14. The van der Waals surface area contributed by atoms with E-state index in [4.69, 9.17) is 66.3 Å². The highest BCUT2D eigenvalue weighted by molar-refractivity contribution is 7.99. The molecule has 0 spiro atoms. The number of aliphatic hydroxyl groups excluding tert-OH is 11. The minimum absolute atomic E-state index is 0.00817. The van der Waals surface area contributed by atoms with Crippen molar-refractivity contribution in [1.82, 2.24) is 16.0 Å². The van der Waals surface area contributed by atoms with Crippen molar-refractivity contribution < 1.29 is 176 Å². The second kappa shape index (κ2) is 55.6. The van der Waals surface area contributed by atoms with Gasteiger partial charge in [0.15, 0.2) is 37.2 Å². The van der Waals surface area contributed by atoms with Crippen molar-refractivity contribution in [3.63, 3.8) is 0 Å². The van der Waals surface area contributed by atoms with Crippen LogP contribution in [0.15, 0.2) is 24.8 Å². The SMILES string of the molecule is C=CC(=O)OCC1O[C@@H](O[C@H]2C(C(=O)O)O[C@@H](C(CC)(CCC)C(CC)(CCC)OC3C(NC(C)=O)[C@H](O[C@H]4C(C(=O)O)O[C@@H](C(C)(CC)CCC)[C@@H](O)C4O)OC(COC(=O)CCSCC(O)C(O)CS)[C@H]3O)C(O)C2O)C(NC(C)=O)C(OC(CCC)(CCC)C(CC)(CCC)[C@@H]2OC(C(=O)O)[C@H](O[C@H](OC(C)CO)C(NC(C)=O)[C@@H](C)OC(C)(/C=C\C)CCCC)C(O)C2O)[C@@H]1O. The molecule has 782 valence electrons. The van der Waals surface area contributed by atoms with Crippen molar-refractivity contribution in [3.8, 4) is 0 Å². The quantitative estimate of drug-likeness (QED) is 0.00959. The number of carboxylic acids is 3. The zero-order valence-electron chi connectivity index (χ0n) is 82.3. The third-order valence-corrected chi connectivity index (χ3v) is 29.2. The predicted octanol–water partition coefficient (Wildman–Crippen LogP) is 4.92. The molecule has 5 fully saturated rings. The van der Waals surface area contributed by atoms with Gasteiger partial charge in [-0.3, -0.25) is 19.2 Å². The van der Waals surface area contributed by atoms with E-state index in [1.165, 1.54) is 13.8 Å². The van der Waals surface area contributed by atoms with Crippen molar-refractivity contribution in [2.24, 2.45) is 16.2 Å². The Hall–Kier alpha value is -4.98. The zero-order chi connectivity index (χ0) is 102. The highest BCUT2D eigenvalue weighted by atomic mass is 32.2. The summed E-state index contributed by atoms with van der Waals surface area (Å²) in [7, 11) is 0. The molecule has 0 aromatic heterocycles. The molecule has 36 atom stereocenters. The lowest BCUT2D eigenvalue weighted by molar-refractivity contribution is -0.359. The van der Waals surface area contributed by atoms with Crippen LogP contribution in [0, 0.1) is 16.2 Å². The van der Waals surface area contributed by atoms with E-state index in [9.17, 15) is 110 Å². The van der Waals surface area contributed by atoms with Gasteiger partial charge in [-0.05, 0) is 104 Å². The number of thioether (sulfide) groups is 1. The van der Waals surface area contributed by atoms with Gasteiger partial charge in [0.1, 0.15) is 123 Å². The van der Waals surface area contributed by atoms with Crippen LogP contribution in [0.3, 0.4) is 0 Å². The fourth-order valence-electron chi connectivity index (χ4n) is 21.0. The van der Waals surface area contributed by atoms with E-state index in [1.807, 2.05) is 46.8 Å². The Morgan fingerprint density at radius 3 is 1.36 bits per heavy atom. The molecule has 0 saturated carbocycles. The molecule has 5 heterocycles. The molecule has 5 aliphatic heterocycles. The normalized spacial score (nSPS) is 32.7. The number of carbonyl (C=O) groups excluding carboxylic acids is 5. The van der Waals surface area contributed by atoms with Crippen molar-refractivity contribution >= 4 is 72.0 Å². The molecule has 3 amide bonds. The second-order valence-corrected chi connectivity index (χ2v) is 38.9. The molecule has 5 saturated heterocycles. The average Bonchev–Trinajstić information content (AvgIpc) is 0.721. The zero-order valence-corrected chi connectivity index (χ0v) is 84.0. The van der Waals surface area contributed by atoms with E-state index in [0.29, 0.717) is 25.7 Å². The molecular weight excluding hydrogens is 1810 g/mol. The lowest BCUT2D eigenvalue weighted by Crippen LogP contribution is -2.74. The number of hydrogen-bond donors (Lipinski definition) is 18. The number of esters is 2. The minimum Gasteiger partial charge on any atom is -0.479 e. The Balaban J connectivity index is 1.74. The van der Waals surface area contributed by atoms with E-state index in [2.05, 4.69) is 35.2 Å². The molecule has 0 bridgehead atoms. The lowest BCUT2D eigenvalue weighted by atomic mass is 9.58. The first-order valence-corrected chi connectivity index (χ1v) is 50.1. The predicted molar refractivity (Wildman–Crippen MR) is 495 cm³/mol. The molecule has 0 aliphatic carbocycles. The Kier molecular flexibility index (Phi) is 49.6. The number of allylic oxidation sites excluding steroid dienone is 1. The second-order valence-electron chi connectivity index (χ2n) is 37.4. The van der Waals surface area contributed by atoms with Crippen LogP contribution in [0.2, 0.25) is 0 Å². The number of carbonyl (C=O) groups is 8. The molecule has 23 unspecified atom stereocenters. The van der Waals surface area contributed by atoms with Gasteiger partial charge in [-0.2, -0.15) is 24.4 Å². The topological polar surface area (TPSA) is 585 Å².